The van der Waals surface area contributed by atoms with Crippen molar-refractivity contribution in [3.8, 4) is 5.69 Å². The Morgan fingerprint density at radius 2 is 1.46 bits per heavy atom. The molecule has 0 saturated carbocycles. The summed E-state index contributed by atoms with van der Waals surface area (Å²) < 4.78 is 1.71. The molecule has 4 aromatic rings. The molecule has 0 aliphatic rings. The van der Waals surface area contributed by atoms with Crippen LogP contribution >= 0.6 is 11.8 Å². The summed E-state index contributed by atoms with van der Waals surface area (Å²) in [5.74, 6) is 0. The maximum atomic E-state index is 13.3. The molecule has 1 heterocycles. The van der Waals surface area contributed by atoms with Gasteiger partial charge < -0.3 is 0 Å². The van der Waals surface area contributed by atoms with Gasteiger partial charge in [0.1, 0.15) is 0 Å². The Balaban J connectivity index is 1.91. The summed E-state index contributed by atoms with van der Waals surface area (Å²) in [5, 5.41) is 1.33. The molecule has 0 spiro atoms. The van der Waals surface area contributed by atoms with Gasteiger partial charge >= 0.3 is 0 Å². The molecule has 3 aromatic carbocycles. The van der Waals surface area contributed by atoms with Crippen molar-refractivity contribution in [2.24, 2.45) is 0 Å². The molecule has 0 aliphatic carbocycles. The Hall–Kier alpha value is -2.89. The molecule has 140 valence electrons. The molecule has 4 rings (SSSR count). The van der Waals surface area contributed by atoms with Gasteiger partial charge in [-0.2, -0.15) is 0 Å². The topological polar surface area (TPSA) is 38.1 Å². The molecule has 1 aromatic heterocycles. The highest BCUT2D eigenvalue weighted by atomic mass is 32.2. The summed E-state index contributed by atoms with van der Waals surface area (Å²) in [7, 11) is 4.08. The van der Waals surface area contributed by atoms with Crippen LogP contribution in [0.1, 0.15) is 10.9 Å². The lowest BCUT2D eigenvalue weighted by Crippen LogP contribution is -2.24. The molecular weight excluding hydrogens is 366 g/mol. The minimum atomic E-state index is -0.0510. The molecule has 28 heavy (non-hydrogen) atoms. The van der Waals surface area contributed by atoms with Gasteiger partial charge in [-0.1, -0.05) is 72.4 Å². The van der Waals surface area contributed by atoms with Gasteiger partial charge in [-0.3, -0.25) is 14.3 Å². The predicted octanol–water partition coefficient (Wildman–Crippen LogP) is 4.74. The Kier molecular flexibility index (Phi) is 5.28. The molecule has 0 fully saturated rings. The van der Waals surface area contributed by atoms with Crippen LogP contribution < -0.4 is 5.56 Å². The molecule has 0 aliphatic heterocycles. The van der Waals surface area contributed by atoms with Crippen LogP contribution in [0.3, 0.4) is 0 Å². The van der Waals surface area contributed by atoms with Gasteiger partial charge in [0.25, 0.3) is 5.56 Å². The van der Waals surface area contributed by atoms with Crippen LogP contribution in [0, 0.1) is 0 Å². The van der Waals surface area contributed by atoms with E-state index in [4.69, 9.17) is 4.98 Å². The van der Waals surface area contributed by atoms with Gasteiger partial charge in [-0.25, -0.2) is 4.98 Å². The molecule has 4 nitrogen and oxygen atoms in total. The number of para-hydroxylation sites is 2. The van der Waals surface area contributed by atoms with E-state index in [1.165, 1.54) is 5.56 Å². The van der Waals surface area contributed by atoms with Crippen LogP contribution in [0.15, 0.2) is 94.9 Å². The molecule has 0 bridgehead atoms. The second-order valence-corrected chi connectivity index (χ2v) is 7.78. The van der Waals surface area contributed by atoms with E-state index in [0.717, 1.165) is 5.69 Å². The molecule has 0 N–H and O–H groups in total. The second-order valence-electron chi connectivity index (χ2n) is 6.73. The summed E-state index contributed by atoms with van der Waals surface area (Å²) in [5.41, 5.74) is 2.65. The predicted molar refractivity (Wildman–Crippen MR) is 116 cm³/mol. The fourth-order valence-electron chi connectivity index (χ4n) is 3.19. The SMILES string of the molecule is CN(C)C(Sc1nc2ccccc2c(=O)n1-c1ccccc1)c1ccccc1. The molecular formula is C23H21N3OS. The lowest BCUT2D eigenvalue weighted by molar-refractivity contribution is 0.390. The quantitative estimate of drug-likeness (QED) is 0.282. The first-order chi connectivity index (χ1) is 13.6. The largest absolute Gasteiger partial charge is 0.294 e. The number of aromatic nitrogens is 2. The number of fused-ring (bicyclic) bond motifs is 1. The highest BCUT2D eigenvalue weighted by Gasteiger charge is 2.21. The third kappa shape index (κ3) is 3.59. The zero-order valence-electron chi connectivity index (χ0n) is 15.8. The first-order valence-electron chi connectivity index (χ1n) is 9.10. The van der Waals surface area contributed by atoms with Crippen LogP contribution in [0.25, 0.3) is 16.6 Å². The van der Waals surface area contributed by atoms with Gasteiger partial charge in [-0.05, 0) is 43.9 Å². The second kappa shape index (κ2) is 8.00. The number of hydrogen-bond donors (Lipinski definition) is 0. The Morgan fingerprint density at radius 3 is 2.14 bits per heavy atom. The molecule has 0 saturated heterocycles. The molecule has 0 radical (unpaired) electrons. The fraction of sp³-hybridized carbons (Fsp3) is 0.130. The van der Waals surface area contributed by atoms with Crippen molar-refractivity contribution >= 4 is 22.7 Å². The lowest BCUT2D eigenvalue weighted by atomic mass is 10.2. The van der Waals surface area contributed by atoms with Gasteiger partial charge in [0.2, 0.25) is 0 Å². The van der Waals surface area contributed by atoms with Crippen molar-refractivity contribution in [3.05, 3.63) is 101 Å². The summed E-state index contributed by atoms with van der Waals surface area (Å²) >= 11 is 1.58. The van der Waals surface area contributed by atoms with Crippen LogP contribution in [-0.4, -0.2) is 28.5 Å². The van der Waals surface area contributed by atoms with Crippen LogP contribution in [-0.2, 0) is 0 Å². The van der Waals surface area contributed by atoms with E-state index in [1.807, 2.05) is 86.9 Å². The van der Waals surface area contributed by atoms with Gasteiger partial charge in [-0.15, -0.1) is 0 Å². The van der Waals surface area contributed by atoms with Crippen molar-refractivity contribution in [1.29, 1.82) is 0 Å². The van der Waals surface area contributed by atoms with E-state index in [2.05, 4.69) is 17.0 Å². The van der Waals surface area contributed by atoms with E-state index in [0.29, 0.717) is 16.1 Å². The number of nitrogens with zero attached hydrogens (tertiary/aromatic N) is 3. The van der Waals surface area contributed by atoms with Gasteiger partial charge in [0, 0.05) is 0 Å². The Labute approximate surface area is 168 Å². The monoisotopic (exact) mass is 387 g/mol. The molecule has 1 unspecified atom stereocenters. The van der Waals surface area contributed by atoms with Crippen LogP contribution in [0.4, 0.5) is 0 Å². The van der Waals surface area contributed by atoms with Crippen molar-refractivity contribution in [1.82, 2.24) is 14.5 Å². The van der Waals surface area contributed by atoms with Crippen molar-refractivity contribution in [2.75, 3.05) is 14.1 Å². The average molecular weight is 388 g/mol. The van der Waals surface area contributed by atoms with Gasteiger partial charge in [0.05, 0.1) is 22.0 Å². The number of hydrogen-bond acceptors (Lipinski definition) is 4. The summed E-state index contributed by atoms with van der Waals surface area (Å²) in [6.07, 6.45) is 0. The van der Waals surface area contributed by atoms with Crippen molar-refractivity contribution in [2.45, 2.75) is 10.5 Å². The normalized spacial score (nSPS) is 12.4. The van der Waals surface area contributed by atoms with Crippen molar-refractivity contribution in [3.63, 3.8) is 0 Å². The highest BCUT2D eigenvalue weighted by Crippen LogP contribution is 2.36. The molecule has 5 heteroatoms. The zero-order valence-corrected chi connectivity index (χ0v) is 16.6. The van der Waals surface area contributed by atoms with E-state index >= 15 is 0 Å². The smallest absolute Gasteiger partial charge is 0.266 e. The lowest BCUT2D eigenvalue weighted by Gasteiger charge is -2.25. The van der Waals surface area contributed by atoms with E-state index in [9.17, 15) is 4.79 Å². The van der Waals surface area contributed by atoms with Crippen LogP contribution in [0.2, 0.25) is 0 Å². The van der Waals surface area contributed by atoms with Gasteiger partial charge in [0.15, 0.2) is 5.16 Å². The third-order valence-electron chi connectivity index (χ3n) is 4.53. The molecule has 1 atom stereocenters. The Bertz CT molecular complexity index is 1140. The first kappa shape index (κ1) is 18.5. The number of benzene rings is 3. The Morgan fingerprint density at radius 1 is 0.857 bits per heavy atom. The summed E-state index contributed by atoms with van der Waals surface area (Å²) in [4.78, 5) is 20.3. The average Bonchev–Trinajstić information content (AvgIpc) is 2.73. The maximum absolute atomic E-state index is 13.3. The minimum Gasteiger partial charge on any atom is -0.294 e. The zero-order chi connectivity index (χ0) is 19.5. The number of rotatable bonds is 5. The van der Waals surface area contributed by atoms with Crippen molar-refractivity contribution < 1.29 is 0 Å². The van der Waals surface area contributed by atoms with Crippen LogP contribution in [0.5, 0.6) is 0 Å². The number of thioether (sulfide) groups is 1. The van der Waals surface area contributed by atoms with E-state index in [1.54, 1.807) is 16.3 Å². The highest BCUT2D eigenvalue weighted by molar-refractivity contribution is 7.99. The third-order valence-corrected chi connectivity index (χ3v) is 5.93. The summed E-state index contributed by atoms with van der Waals surface area (Å²) in [6, 6.07) is 27.5. The minimum absolute atomic E-state index is 0.0317. The molecule has 0 amide bonds. The fourth-order valence-corrected chi connectivity index (χ4v) is 4.33. The standard InChI is InChI=1S/C23H21N3OS/c1-25(2)22(17-11-5-3-6-12-17)28-23-24-20-16-10-9-15-19(20)21(27)26(23)18-13-7-4-8-14-18/h3-16,22H,1-2H3. The summed E-state index contributed by atoms with van der Waals surface area (Å²) in [6.45, 7) is 0. The van der Waals surface area contributed by atoms with E-state index < -0.39 is 0 Å². The maximum Gasteiger partial charge on any atom is 0.266 e. The first-order valence-corrected chi connectivity index (χ1v) is 9.98. The van der Waals surface area contributed by atoms with E-state index in [-0.39, 0.29) is 10.9 Å².